The van der Waals surface area contributed by atoms with Crippen LogP contribution in [0.15, 0.2) is 0 Å². The number of halogens is 2. The van der Waals surface area contributed by atoms with Crippen molar-refractivity contribution in [1.29, 1.82) is 5.41 Å². The van der Waals surface area contributed by atoms with E-state index in [1.165, 1.54) is 0 Å². The molecule has 0 aliphatic carbocycles. The fourth-order valence-electron chi connectivity index (χ4n) is 0.189. The van der Waals surface area contributed by atoms with Gasteiger partial charge in [-0.25, -0.2) is 0 Å². The highest BCUT2D eigenvalue weighted by atomic mass is 35.5. The molecule has 0 spiro atoms. The zero-order valence-electron chi connectivity index (χ0n) is 5.24. The molecule has 0 bridgehead atoms. The SMILES string of the molecule is ClCCCCCl.N=CN. The fraction of sp³-hybridized carbons (Fsp3) is 0.800. The van der Waals surface area contributed by atoms with Crippen molar-refractivity contribution in [3.63, 3.8) is 0 Å². The van der Waals surface area contributed by atoms with Crippen LogP contribution in [0.5, 0.6) is 0 Å². The largest absolute Gasteiger partial charge is 0.390 e. The first-order valence-electron chi connectivity index (χ1n) is 2.66. The van der Waals surface area contributed by atoms with E-state index in [0.29, 0.717) is 0 Å². The molecule has 0 unspecified atom stereocenters. The summed E-state index contributed by atoms with van der Waals surface area (Å²) in [6.45, 7) is 0. The molecule has 9 heavy (non-hydrogen) atoms. The molecule has 0 aromatic heterocycles. The first-order chi connectivity index (χ1) is 4.33. The van der Waals surface area contributed by atoms with E-state index in [-0.39, 0.29) is 0 Å². The van der Waals surface area contributed by atoms with Gasteiger partial charge in [0.2, 0.25) is 0 Å². The second-order valence-electron chi connectivity index (χ2n) is 1.25. The third-order valence-corrected chi connectivity index (χ3v) is 1.05. The number of rotatable bonds is 3. The van der Waals surface area contributed by atoms with Crippen molar-refractivity contribution in [2.24, 2.45) is 5.73 Å². The zero-order chi connectivity index (χ0) is 7.54. The molecular formula is C5H12Cl2N2. The van der Waals surface area contributed by atoms with Crippen LogP contribution in [0, 0.1) is 5.41 Å². The average molecular weight is 171 g/mol. The Morgan fingerprint density at radius 1 is 1.22 bits per heavy atom. The van der Waals surface area contributed by atoms with Crippen molar-refractivity contribution < 1.29 is 0 Å². The van der Waals surface area contributed by atoms with Crippen LogP contribution >= 0.6 is 23.2 Å². The smallest absolute Gasteiger partial charge is 0.0765 e. The van der Waals surface area contributed by atoms with E-state index in [9.17, 15) is 0 Å². The number of hydrogen-bond acceptors (Lipinski definition) is 1. The number of nitrogens with two attached hydrogens (primary N) is 1. The van der Waals surface area contributed by atoms with Crippen LogP contribution in [0.2, 0.25) is 0 Å². The monoisotopic (exact) mass is 170 g/mol. The molecule has 0 saturated carbocycles. The summed E-state index contributed by atoms with van der Waals surface area (Å²) in [5.41, 5.74) is 4.39. The Hall–Kier alpha value is 0.0500. The van der Waals surface area contributed by atoms with Gasteiger partial charge in [0, 0.05) is 11.8 Å². The van der Waals surface area contributed by atoms with Crippen molar-refractivity contribution in [2.75, 3.05) is 11.8 Å². The fourth-order valence-corrected chi connectivity index (χ4v) is 0.567. The lowest BCUT2D eigenvalue weighted by Crippen LogP contribution is -1.81. The van der Waals surface area contributed by atoms with Crippen molar-refractivity contribution in [3.8, 4) is 0 Å². The third-order valence-electron chi connectivity index (χ3n) is 0.517. The van der Waals surface area contributed by atoms with E-state index >= 15 is 0 Å². The molecule has 2 nitrogen and oxygen atoms in total. The van der Waals surface area contributed by atoms with Gasteiger partial charge in [-0.1, -0.05) is 0 Å². The molecule has 0 saturated heterocycles. The highest BCUT2D eigenvalue weighted by Gasteiger charge is 1.78. The normalized spacial score (nSPS) is 7.33. The Morgan fingerprint density at radius 3 is 1.56 bits per heavy atom. The van der Waals surface area contributed by atoms with Crippen molar-refractivity contribution in [2.45, 2.75) is 12.8 Å². The van der Waals surface area contributed by atoms with E-state index < -0.39 is 0 Å². The van der Waals surface area contributed by atoms with Gasteiger partial charge < -0.3 is 5.73 Å². The number of hydrogen-bond donors (Lipinski definition) is 2. The molecule has 0 aliphatic rings. The molecule has 3 N–H and O–H groups in total. The summed E-state index contributed by atoms with van der Waals surface area (Å²) in [6.07, 6.45) is 2.84. The van der Waals surface area contributed by atoms with Gasteiger partial charge in [-0.3, -0.25) is 5.41 Å². The summed E-state index contributed by atoms with van der Waals surface area (Å²) in [6, 6.07) is 0. The maximum Gasteiger partial charge on any atom is 0.0765 e. The highest BCUT2D eigenvalue weighted by molar-refractivity contribution is 6.18. The summed E-state index contributed by atoms with van der Waals surface area (Å²) in [5.74, 6) is 1.49. The highest BCUT2D eigenvalue weighted by Crippen LogP contribution is 1.92. The maximum atomic E-state index is 5.86. The number of unbranched alkanes of at least 4 members (excludes halogenated alkanes) is 1. The Morgan fingerprint density at radius 2 is 1.44 bits per heavy atom. The maximum absolute atomic E-state index is 5.86. The molecule has 4 heteroatoms. The summed E-state index contributed by atoms with van der Waals surface area (Å²) < 4.78 is 0. The molecule has 56 valence electrons. The third kappa shape index (κ3) is 31.7. The van der Waals surface area contributed by atoms with Crippen LogP contribution in [0.3, 0.4) is 0 Å². The minimum absolute atomic E-state index is 0.743. The van der Waals surface area contributed by atoms with E-state index in [4.69, 9.17) is 28.6 Å². The van der Waals surface area contributed by atoms with Crippen molar-refractivity contribution in [3.05, 3.63) is 0 Å². The minimum Gasteiger partial charge on any atom is -0.390 e. The van der Waals surface area contributed by atoms with E-state index in [2.05, 4.69) is 5.73 Å². The predicted octanol–water partition coefficient (Wildman–Crippen LogP) is 1.80. The van der Waals surface area contributed by atoms with Gasteiger partial charge in [-0.2, -0.15) is 0 Å². The van der Waals surface area contributed by atoms with Gasteiger partial charge in [0.1, 0.15) is 0 Å². The van der Waals surface area contributed by atoms with Crippen LogP contribution in [0.4, 0.5) is 0 Å². The molecule has 0 aromatic carbocycles. The van der Waals surface area contributed by atoms with Crippen LogP contribution in [0.1, 0.15) is 12.8 Å². The molecule has 0 radical (unpaired) electrons. The van der Waals surface area contributed by atoms with Gasteiger partial charge in [-0.15, -0.1) is 23.2 Å². The van der Waals surface area contributed by atoms with E-state index in [1.807, 2.05) is 0 Å². The number of alkyl halides is 2. The molecule has 0 atom stereocenters. The lowest BCUT2D eigenvalue weighted by Gasteiger charge is -1.83. The Bertz CT molecular complexity index is 46.2. The molecule has 0 aliphatic heterocycles. The van der Waals surface area contributed by atoms with Crippen LogP contribution in [-0.2, 0) is 0 Å². The summed E-state index contributed by atoms with van der Waals surface area (Å²) >= 11 is 10.6. The van der Waals surface area contributed by atoms with Crippen LogP contribution < -0.4 is 5.73 Å². The molecule has 0 aromatic rings. The first kappa shape index (κ1) is 11.8. The summed E-state index contributed by atoms with van der Waals surface area (Å²) in [7, 11) is 0. The summed E-state index contributed by atoms with van der Waals surface area (Å²) in [5, 5.41) is 5.86. The standard InChI is InChI=1S/C4H8Cl2.CH4N2/c5-3-1-2-4-6;2-1-3/h1-4H2;1H,(H3,2,3). The second kappa shape index (κ2) is 15.7. The predicted molar refractivity (Wildman–Crippen MR) is 43.6 cm³/mol. The second-order valence-corrected chi connectivity index (χ2v) is 2.01. The molecule has 0 heterocycles. The minimum atomic E-state index is 0.743. The topological polar surface area (TPSA) is 49.9 Å². The van der Waals surface area contributed by atoms with Gasteiger partial charge in [0.05, 0.1) is 6.34 Å². The Kier molecular flexibility index (Phi) is 20.6. The van der Waals surface area contributed by atoms with Gasteiger partial charge in [-0.05, 0) is 12.8 Å². The van der Waals surface area contributed by atoms with E-state index in [0.717, 1.165) is 30.9 Å². The number of nitrogens with one attached hydrogen (secondary N) is 1. The van der Waals surface area contributed by atoms with Gasteiger partial charge >= 0.3 is 0 Å². The lowest BCUT2D eigenvalue weighted by molar-refractivity contribution is 0.899. The molecule has 0 rings (SSSR count). The van der Waals surface area contributed by atoms with Crippen LogP contribution in [0.25, 0.3) is 0 Å². The quantitative estimate of drug-likeness (QED) is 0.289. The zero-order valence-corrected chi connectivity index (χ0v) is 6.75. The van der Waals surface area contributed by atoms with Crippen molar-refractivity contribution >= 4 is 29.5 Å². The lowest BCUT2D eigenvalue weighted by atomic mass is 10.4. The summed E-state index contributed by atoms with van der Waals surface area (Å²) in [4.78, 5) is 0. The Labute approximate surface area is 65.8 Å². The van der Waals surface area contributed by atoms with Gasteiger partial charge in [0.25, 0.3) is 0 Å². The average Bonchev–Trinajstić information content (AvgIpc) is 1.86. The molecule has 0 fully saturated rings. The van der Waals surface area contributed by atoms with Gasteiger partial charge in [0.15, 0.2) is 0 Å². The first-order valence-corrected chi connectivity index (χ1v) is 3.73. The Balaban J connectivity index is 0. The molecule has 0 amide bonds. The van der Waals surface area contributed by atoms with Crippen molar-refractivity contribution in [1.82, 2.24) is 0 Å². The van der Waals surface area contributed by atoms with E-state index in [1.54, 1.807) is 0 Å². The van der Waals surface area contributed by atoms with Crippen LogP contribution in [-0.4, -0.2) is 18.1 Å². The molecular weight excluding hydrogens is 159 g/mol.